The van der Waals surface area contributed by atoms with Crippen LogP contribution in [0.15, 0.2) is 0 Å². The number of unbranched alkanes of at least 4 members (excludes halogenated alkanes) is 6. The van der Waals surface area contributed by atoms with Crippen LogP contribution < -0.4 is 5.11 Å². The number of carboxylic acids is 1. The zero-order valence-corrected chi connectivity index (χ0v) is 15.4. The third-order valence-electron chi connectivity index (χ3n) is 4.74. The van der Waals surface area contributed by atoms with E-state index in [1.807, 2.05) is 0 Å². The lowest BCUT2D eigenvalue weighted by molar-refractivity contribution is -0.932. The van der Waals surface area contributed by atoms with Crippen LogP contribution >= 0.6 is 0 Å². The van der Waals surface area contributed by atoms with Crippen molar-refractivity contribution in [2.24, 2.45) is 0 Å². The third kappa shape index (κ3) is 12.0. The first-order valence-electron chi connectivity index (χ1n) is 9.59. The van der Waals surface area contributed by atoms with Crippen LogP contribution in [-0.2, 0) is 4.79 Å². The molecule has 0 atom stereocenters. The molecule has 0 N–H and O–H groups in total. The Labute approximate surface area is 138 Å². The molecule has 1 heterocycles. The fourth-order valence-corrected chi connectivity index (χ4v) is 3.46. The van der Waals surface area contributed by atoms with Crippen molar-refractivity contribution < 1.29 is 14.4 Å². The van der Waals surface area contributed by atoms with Gasteiger partial charge in [-0.3, -0.25) is 0 Å². The summed E-state index contributed by atoms with van der Waals surface area (Å²) < 4.78 is 1.47. The molecule has 1 fully saturated rings. The van der Waals surface area contributed by atoms with Gasteiger partial charge in [0.05, 0.1) is 26.2 Å². The highest BCUT2D eigenvalue weighted by Gasteiger charge is 2.28. The quantitative estimate of drug-likeness (QED) is 0.453. The van der Waals surface area contributed by atoms with Crippen LogP contribution in [0.2, 0.25) is 0 Å². The number of hydrogen-bond donors (Lipinski definition) is 0. The molecule has 0 aromatic carbocycles. The van der Waals surface area contributed by atoms with Crippen LogP contribution in [0.3, 0.4) is 0 Å². The van der Waals surface area contributed by atoms with Crippen molar-refractivity contribution in [1.82, 2.24) is 0 Å². The zero-order valence-electron chi connectivity index (χ0n) is 15.4. The second-order valence-corrected chi connectivity index (χ2v) is 6.91. The molecule has 22 heavy (non-hydrogen) atoms. The predicted octanol–water partition coefficient (Wildman–Crippen LogP) is 3.90. The molecule has 0 spiro atoms. The van der Waals surface area contributed by atoms with Crippen molar-refractivity contribution in [2.75, 3.05) is 26.2 Å². The van der Waals surface area contributed by atoms with Gasteiger partial charge in [0.2, 0.25) is 0 Å². The molecule has 0 radical (unpaired) electrons. The first-order valence-corrected chi connectivity index (χ1v) is 9.59. The van der Waals surface area contributed by atoms with Gasteiger partial charge >= 0.3 is 0 Å². The van der Waals surface area contributed by atoms with Crippen molar-refractivity contribution in [1.29, 1.82) is 0 Å². The maximum atomic E-state index is 8.89. The third-order valence-corrected chi connectivity index (χ3v) is 4.74. The van der Waals surface area contributed by atoms with Crippen LogP contribution in [0.25, 0.3) is 0 Å². The largest absolute Gasteiger partial charge is 0.550 e. The van der Waals surface area contributed by atoms with Crippen LogP contribution in [0.1, 0.15) is 91.4 Å². The van der Waals surface area contributed by atoms with Gasteiger partial charge in [0, 0.05) is 5.97 Å². The van der Waals surface area contributed by atoms with E-state index in [2.05, 4.69) is 13.8 Å². The fourth-order valence-electron chi connectivity index (χ4n) is 3.46. The summed E-state index contributed by atoms with van der Waals surface area (Å²) in [7, 11) is 0. The molecule has 3 heteroatoms. The van der Waals surface area contributed by atoms with Crippen molar-refractivity contribution in [3.05, 3.63) is 0 Å². The minimum atomic E-state index is -1.08. The molecular formula is C19H39NO2. The Balaban J connectivity index is 0.000000980. The molecule has 0 saturated carbocycles. The van der Waals surface area contributed by atoms with Crippen LogP contribution in [0, 0.1) is 0 Å². The Kier molecular flexibility index (Phi) is 13.7. The molecular weight excluding hydrogens is 274 g/mol. The Morgan fingerprint density at radius 1 is 0.818 bits per heavy atom. The Hall–Kier alpha value is -0.570. The summed E-state index contributed by atoms with van der Waals surface area (Å²) in [6.07, 6.45) is 16.0. The number of nitrogens with zero attached hydrogens (tertiary/aromatic N) is 1. The summed E-state index contributed by atoms with van der Waals surface area (Å²) in [4.78, 5) is 8.89. The molecule has 0 bridgehead atoms. The van der Waals surface area contributed by atoms with Gasteiger partial charge in [-0.1, -0.05) is 46.0 Å². The number of carbonyl (C=O) groups is 1. The van der Waals surface area contributed by atoms with Gasteiger partial charge in [-0.25, -0.2) is 0 Å². The van der Waals surface area contributed by atoms with E-state index in [-0.39, 0.29) is 0 Å². The number of piperidine rings is 1. The molecule has 1 rings (SSSR count). The van der Waals surface area contributed by atoms with E-state index in [0.717, 1.165) is 6.92 Å². The highest BCUT2D eigenvalue weighted by Crippen LogP contribution is 2.21. The van der Waals surface area contributed by atoms with Gasteiger partial charge in [0.1, 0.15) is 0 Å². The first kappa shape index (κ1) is 21.4. The summed E-state index contributed by atoms with van der Waals surface area (Å²) in [6.45, 7) is 11.5. The van der Waals surface area contributed by atoms with Crippen LogP contribution in [-0.4, -0.2) is 36.6 Å². The van der Waals surface area contributed by atoms with E-state index in [9.17, 15) is 0 Å². The smallest absolute Gasteiger partial charge is 0.0786 e. The first-order chi connectivity index (χ1) is 10.6. The number of aliphatic carboxylic acids is 1. The summed E-state index contributed by atoms with van der Waals surface area (Å²) in [6, 6.07) is 0. The molecule has 0 aromatic heterocycles. The Morgan fingerprint density at radius 2 is 1.27 bits per heavy atom. The van der Waals surface area contributed by atoms with Crippen LogP contribution in [0.5, 0.6) is 0 Å². The van der Waals surface area contributed by atoms with Crippen molar-refractivity contribution in [3.63, 3.8) is 0 Å². The van der Waals surface area contributed by atoms with Gasteiger partial charge in [-0.05, 0) is 45.4 Å². The molecule has 1 aliphatic rings. The predicted molar refractivity (Wildman–Crippen MR) is 92.5 cm³/mol. The number of rotatable bonds is 10. The molecule has 0 aromatic rings. The normalized spacial score (nSPS) is 16.7. The van der Waals surface area contributed by atoms with Gasteiger partial charge in [-0.2, -0.15) is 0 Å². The second kappa shape index (κ2) is 14.0. The van der Waals surface area contributed by atoms with Crippen molar-refractivity contribution in [2.45, 2.75) is 91.4 Å². The second-order valence-electron chi connectivity index (χ2n) is 6.91. The van der Waals surface area contributed by atoms with Gasteiger partial charge < -0.3 is 14.4 Å². The standard InChI is InChI=1S/C17H36N.C2H4O2/c1-3-5-7-8-9-11-15-18(14-6-4-2)16-12-10-13-17-18;1-2(3)4/h3-17H2,1-2H3;1H3,(H,3,4)/q+1;/p-1. The van der Waals surface area contributed by atoms with E-state index < -0.39 is 5.97 Å². The van der Waals surface area contributed by atoms with Crippen LogP contribution in [0.4, 0.5) is 0 Å². The molecule has 0 aliphatic carbocycles. The average molecular weight is 314 g/mol. The number of hydrogen-bond acceptors (Lipinski definition) is 2. The molecule has 0 amide bonds. The van der Waals surface area contributed by atoms with Gasteiger partial charge in [0.15, 0.2) is 0 Å². The minimum Gasteiger partial charge on any atom is -0.550 e. The van der Waals surface area contributed by atoms with Crippen molar-refractivity contribution >= 4 is 5.97 Å². The monoisotopic (exact) mass is 313 g/mol. The van der Waals surface area contributed by atoms with E-state index in [0.29, 0.717) is 0 Å². The lowest BCUT2D eigenvalue weighted by Crippen LogP contribution is -2.52. The number of carboxylic acid groups (broad SMARTS) is 1. The molecule has 1 aliphatic heterocycles. The van der Waals surface area contributed by atoms with E-state index >= 15 is 0 Å². The average Bonchev–Trinajstić information content (AvgIpc) is 2.49. The maximum Gasteiger partial charge on any atom is 0.0786 e. The molecule has 132 valence electrons. The fraction of sp³-hybridized carbons (Fsp3) is 0.947. The number of carbonyl (C=O) groups excluding carboxylic acids is 1. The lowest BCUT2D eigenvalue weighted by Gasteiger charge is -2.42. The SMILES string of the molecule is CC(=O)[O-].CCCCCCCC[N+]1(CCCC)CCCCC1. The summed E-state index contributed by atoms with van der Waals surface area (Å²) in [5, 5.41) is 8.89. The summed E-state index contributed by atoms with van der Waals surface area (Å²) in [5.74, 6) is -1.08. The molecule has 0 unspecified atom stereocenters. The Bertz CT molecular complexity index is 256. The number of likely N-dealkylation sites (tertiary alicyclic amines) is 1. The topological polar surface area (TPSA) is 40.1 Å². The highest BCUT2D eigenvalue weighted by atomic mass is 16.4. The maximum absolute atomic E-state index is 8.89. The van der Waals surface area contributed by atoms with E-state index in [4.69, 9.17) is 9.90 Å². The van der Waals surface area contributed by atoms with E-state index in [1.165, 1.54) is 101 Å². The van der Waals surface area contributed by atoms with E-state index in [1.54, 1.807) is 0 Å². The Morgan fingerprint density at radius 3 is 1.82 bits per heavy atom. The number of quaternary nitrogens is 1. The minimum absolute atomic E-state index is 0.972. The van der Waals surface area contributed by atoms with Gasteiger partial charge in [0.25, 0.3) is 0 Å². The summed E-state index contributed by atoms with van der Waals surface area (Å²) >= 11 is 0. The van der Waals surface area contributed by atoms with Gasteiger partial charge in [-0.15, -0.1) is 0 Å². The molecule has 1 saturated heterocycles. The van der Waals surface area contributed by atoms with Crippen molar-refractivity contribution in [3.8, 4) is 0 Å². The molecule has 3 nitrogen and oxygen atoms in total. The summed E-state index contributed by atoms with van der Waals surface area (Å²) in [5.41, 5.74) is 0. The highest BCUT2D eigenvalue weighted by molar-refractivity contribution is 5.60. The zero-order chi connectivity index (χ0) is 16.7. The lowest BCUT2D eigenvalue weighted by atomic mass is 10.0.